The Morgan fingerprint density at radius 1 is 0.667 bits per heavy atom. The van der Waals surface area contributed by atoms with Crippen LogP contribution in [-0.4, -0.2) is 89.6 Å². The van der Waals surface area contributed by atoms with E-state index in [1.54, 1.807) is 0 Å². The minimum Gasteiger partial charge on any atom is -0.457 e. The first kappa shape index (κ1) is 44.7. The van der Waals surface area contributed by atoms with E-state index in [1.807, 2.05) is 0 Å². The molecule has 1 saturated heterocycles. The molecule has 6 atom stereocenters. The molecule has 48 heavy (non-hydrogen) atoms. The molecule has 1 aliphatic heterocycles. The summed E-state index contributed by atoms with van der Waals surface area (Å²) in [4.78, 5) is 12.7. The Morgan fingerprint density at radius 2 is 1.21 bits per heavy atom. The molecule has 0 amide bonds. The molecule has 0 saturated carbocycles. The van der Waals surface area contributed by atoms with Crippen molar-refractivity contribution in [2.45, 2.75) is 192 Å². The van der Waals surface area contributed by atoms with Gasteiger partial charge in [-0.3, -0.25) is 4.79 Å². The standard InChI is InChI=1S/C39H72O9/c1-3-5-7-9-11-13-14-15-16-17-18-19-20-21-22-24-26-28-35(41)47-33(31-45-29-27-25-23-12-10-8-6-4-2)32-46-39-38(44)37(43)36(42)34(30-40)48-39/h11,13,15-16,33-34,36-40,42-44H,3-10,12,14,17-32H2,1-2H3/b13-11-,16-15-. The number of aliphatic hydroxyl groups is 4. The fraction of sp³-hybridized carbons (Fsp3) is 0.872. The number of carbonyl (C=O) groups is 1. The van der Waals surface area contributed by atoms with Crippen LogP contribution in [0.1, 0.15) is 155 Å². The van der Waals surface area contributed by atoms with Gasteiger partial charge in [-0.2, -0.15) is 0 Å². The van der Waals surface area contributed by atoms with Gasteiger partial charge in [0.05, 0.1) is 19.8 Å². The molecular weight excluding hydrogens is 612 g/mol. The lowest BCUT2D eigenvalue weighted by Gasteiger charge is -2.39. The van der Waals surface area contributed by atoms with Gasteiger partial charge in [0.1, 0.15) is 30.5 Å². The Kier molecular flexibility index (Phi) is 29.5. The molecule has 1 aliphatic rings. The van der Waals surface area contributed by atoms with Crippen LogP contribution in [0.3, 0.4) is 0 Å². The van der Waals surface area contributed by atoms with Crippen molar-refractivity contribution in [1.29, 1.82) is 0 Å². The molecule has 0 radical (unpaired) electrons. The average molecular weight is 685 g/mol. The number of rotatable bonds is 32. The highest BCUT2D eigenvalue weighted by atomic mass is 16.7. The van der Waals surface area contributed by atoms with Gasteiger partial charge in [-0.15, -0.1) is 0 Å². The van der Waals surface area contributed by atoms with Crippen molar-refractivity contribution in [3.05, 3.63) is 24.3 Å². The number of allylic oxidation sites excluding steroid dienone is 4. The van der Waals surface area contributed by atoms with Crippen LogP contribution in [0.25, 0.3) is 0 Å². The third kappa shape index (κ3) is 23.1. The maximum Gasteiger partial charge on any atom is 0.306 e. The lowest BCUT2D eigenvalue weighted by Crippen LogP contribution is -2.59. The number of carbonyl (C=O) groups excluding carboxylic acids is 1. The Hall–Kier alpha value is -1.33. The molecule has 0 aromatic carbocycles. The van der Waals surface area contributed by atoms with E-state index in [1.165, 1.54) is 89.9 Å². The number of hydrogen-bond donors (Lipinski definition) is 4. The van der Waals surface area contributed by atoms with E-state index in [0.717, 1.165) is 44.9 Å². The molecule has 1 rings (SSSR count). The summed E-state index contributed by atoms with van der Waals surface area (Å²) in [7, 11) is 0. The van der Waals surface area contributed by atoms with Crippen LogP contribution in [0.5, 0.6) is 0 Å². The Morgan fingerprint density at radius 3 is 1.83 bits per heavy atom. The first-order chi connectivity index (χ1) is 23.4. The van der Waals surface area contributed by atoms with E-state index in [0.29, 0.717) is 13.0 Å². The summed E-state index contributed by atoms with van der Waals surface area (Å²) in [5, 5.41) is 39.9. The molecule has 1 heterocycles. The van der Waals surface area contributed by atoms with Crippen molar-refractivity contribution < 1.29 is 44.2 Å². The van der Waals surface area contributed by atoms with Crippen LogP contribution in [0.4, 0.5) is 0 Å². The van der Waals surface area contributed by atoms with Gasteiger partial charge in [-0.25, -0.2) is 0 Å². The maximum absolute atomic E-state index is 12.7. The predicted molar refractivity (Wildman–Crippen MR) is 192 cm³/mol. The molecule has 0 spiro atoms. The lowest BCUT2D eigenvalue weighted by atomic mass is 9.99. The summed E-state index contributed by atoms with van der Waals surface area (Å²) in [5.41, 5.74) is 0. The van der Waals surface area contributed by atoms with Crippen LogP contribution in [0, 0.1) is 0 Å². The van der Waals surface area contributed by atoms with Gasteiger partial charge >= 0.3 is 5.97 Å². The highest BCUT2D eigenvalue weighted by Crippen LogP contribution is 2.22. The highest BCUT2D eigenvalue weighted by molar-refractivity contribution is 5.69. The summed E-state index contributed by atoms with van der Waals surface area (Å²) in [5.74, 6) is -0.323. The second kappa shape index (κ2) is 31.6. The number of hydrogen-bond acceptors (Lipinski definition) is 9. The molecule has 9 nitrogen and oxygen atoms in total. The SMILES string of the molecule is CCCCC/C=C\C/C=C\CCCCCCCCCC(=O)OC(COCCCCCCCCCC)COC1OC(CO)C(O)C(O)C1O. The summed E-state index contributed by atoms with van der Waals surface area (Å²) in [6.07, 6.45) is 26.3. The van der Waals surface area contributed by atoms with E-state index in [2.05, 4.69) is 38.2 Å². The monoisotopic (exact) mass is 685 g/mol. The summed E-state index contributed by atoms with van der Waals surface area (Å²) < 4.78 is 22.6. The fourth-order valence-corrected chi connectivity index (χ4v) is 5.76. The zero-order valence-corrected chi connectivity index (χ0v) is 30.5. The molecule has 9 heteroatoms. The maximum atomic E-state index is 12.7. The Labute approximate surface area is 292 Å². The second-order valence-electron chi connectivity index (χ2n) is 13.4. The largest absolute Gasteiger partial charge is 0.457 e. The van der Waals surface area contributed by atoms with Crippen molar-refractivity contribution in [2.75, 3.05) is 26.4 Å². The van der Waals surface area contributed by atoms with E-state index in [4.69, 9.17) is 18.9 Å². The van der Waals surface area contributed by atoms with E-state index in [9.17, 15) is 25.2 Å². The zero-order chi connectivity index (χ0) is 35.1. The van der Waals surface area contributed by atoms with Crippen LogP contribution in [0.2, 0.25) is 0 Å². The number of aliphatic hydroxyl groups excluding tert-OH is 4. The van der Waals surface area contributed by atoms with Crippen LogP contribution in [-0.2, 0) is 23.7 Å². The smallest absolute Gasteiger partial charge is 0.306 e. The summed E-state index contributed by atoms with van der Waals surface area (Å²) in [6.45, 7) is 4.49. The lowest BCUT2D eigenvalue weighted by molar-refractivity contribution is -0.305. The normalized spacial score (nSPS) is 22.2. The Bertz CT molecular complexity index is 787. The second-order valence-corrected chi connectivity index (χ2v) is 13.4. The zero-order valence-electron chi connectivity index (χ0n) is 30.5. The molecule has 0 bridgehead atoms. The molecule has 0 aromatic heterocycles. The number of esters is 1. The molecule has 0 aromatic rings. The van der Waals surface area contributed by atoms with Crippen LogP contribution in [0.15, 0.2) is 24.3 Å². The van der Waals surface area contributed by atoms with Gasteiger partial charge in [0.15, 0.2) is 6.29 Å². The van der Waals surface area contributed by atoms with Crippen molar-refractivity contribution in [3.63, 3.8) is 0 Å². The van der Waals surface area contributed by atoms with E-state index < -0.39 is 43.4 Å². The van der Waals surface area contributed by atoms with Gasteiger partial charge in [0.25, 0.3) is 0 Å². The predicted octanol–water partition coefficient (Wildman–Crippen LogP) is 7.47. The summed E-state index contributed by atoms with van der Waals surface area (Å²) >= 11 is 0. The minimum absolute atomic E-state index is 0.114. The van der Waals surface area contributed by atoms with Gasteiger partial charge in [0, 0.05) is 13.0 Å². The quantitative estimate of drug-likeness (QED) is 0.0323. The van der Waals surface area contributed by atoms with E-state index >= 15 is 0 Å². The van der Waals surface area contributed by atoms with Gasteiger partial charge in [-0.05, 0) is 44.9 Å². The molecule has 6 unspecified atom stereocenters. The van der Waals surface area contributed by atoms with Crippen molar-refractivity contribution >= 4 is 5.97 Å². The number of unbranched alkanes of at least 4 members (excludes halogenated alkanes) is 17. The topological polar surface area (TPSA) is 135 Å². The van der Waals surface area contributed by atoms with Gasteiger partial charge in [0.2, 0.25) is 0 Å². The minimum atomic E-state index is -1.53. The average Bonchev–Trinajstić information content (AvgIpc) is 3.08. The van der Waals surface area contributed by atoms with Crippen LogP contribution >= 0.6 is 0 Å². The highest BCUT2D eigenvalue weighted by Gasteiger charge is 2.44. The molecular formula is C39H72O9. The molecule has 282 valence electrons. The first-order valence-electron chi connectivity index (χ1n) is 19.4. The third-order valence-corrected chi connectivity index (χ3v) is 8.87. The van der Waals surface area contributed by atoms with Crippen LogP contribution < -0.4 is 0 Å². The van der Waals surface area contributed by atoms with Gasteiger partial charge < -0.3 is 39.4 Å². The van der Waals surface area contributed by atoms with E-state index in [-0.39, 0.29) is 19.2 Å². The first-order valence-corrected chi connectivity index (χ1v) is 19.4. The molecule has 4 N–H and O–H groups in total. The van der Waals surface area contributed by atoms with Crippen molar-refractivity contribution in [3.8, 4) is 0 Å². The number of ether oxygens (including phenoxy) is 4. The molecule has 1 fully saturated rings. The molecule has 0 aliphatic carbocycles. The fourth-order valence-electron chi connectivity index (χ4n) is 5.76. The Balaban J connectivity index is 2.29. The third-order valence-electron chi connectivity index (χ3n) is 8.87. The van der Waals surface area contributed by atoms with Gasteiger partial charge in [-0.1, -0.05) is 128 Å². The van der Waals surface area contributed by atoms with Crippen molar-refractivity contribution in [2.24, 2.45) is 0 Å². The van der Waals surface area contributed by atoms with Crippen molar-refractivity contribution in [1.82, 2.24) is 0 Å². The summed E-state index contributed by atoms with van der Waals surface area (Å²) in [6, 6.07) is 0.